The number of carbonyl (C=O) groups is 1. The van der Waals surface area contributed by atoms with E-state index in [4.69, 9.17) is 0 Å². The van der Waals surface area contributed by atoms with Crippen LogP contribution in [0, 0.1) is 19.7 Å². The Labute approximate surface area is 163 Å². The van der Waals surface area contributed by atoms with E-state index in [0.29, 0.717) is 5.56 Å². The van der Waals surface area contributed by atoms with Crippen LogP contribution in [0.2, 0.25) is 0 Å². The molecule has 0 fully saturated rings. The second-order valence-electron chi connectivity index (χ2n) is 7.11. The van der Waals surface area contributed by atoms with Gasteiger partial charge in [0.1, 0.15) is 5.82 Å². The Kier molecular flexibility index (Phi) is 4.82. The van der Waals surface area contributed by atoms with Gasteiger partial charge in [-0.05, 0) is 69.0 Å². The number of hydrogen-bond acceptors (Lipinski definition) is 2. The monoisotopic (exact) mass is 375 g/mol. The Morgan fingerprint density at radius 1 is 1.07 bits per heavy atom. The van der Waals surface area contributed by atoms with Crippen molar-refractivity contribution in [3.8, 4) is 5.69 Å². The first kappa shape index (κ1) is 18.2. The van der Waals surface area contributed by atoms with Crippen LogP contribution in [0.15, 0.2) is 59.7 Å². The van der Waals surface area contributed by atoms with Crippen LogP contribution in [-0.2, 0) is 6.42 Å². The highest BCUT2D eigenvalue weighted by atomic mass is 19.1. The fourth-order valence-corrected chi connectivity index (χ4v) is 3.88. The van der Waals surface area contributed by atoms with Gasteiger partial charge in [-0.2, -0.15) is 5.10 Å². The number of fused-ring (bicyclic) bond motifs is 1. The molecule has 0 unspecified atom stereocenters. The van der Waals surface area contributed by atoms with Crippen LogP contribution < -0.4 is 5.43 Å². The highest BCUT2D eigenvalue weighted by molar-refractivity contribution is 6.04. The summed E-state index contributed by atoms with van der Waals surface area (Å²) < 4.78 is 15.2. The molecular weight excluding hydrogens is 353 g/mol. The van der Waals surface area contributed by atoms with Gasteiger partial charge in [0, 0.05) is 22.6 Å². The molecule has 0 saturated carbocycles. The van der Waals surface area contributed by atoms with Gasteiger partial charge in [0.05, 0.1) is 11.3 Å². The zero-order valence-electron chi connectivity index (χ0n) is 16.0. The average Bonchev–Trinajstić information content (AvgIpc) is 3.01. The minimum atomic E-state index is -0.284. The summed E-state index contributed by atoms with van der Waals surface area (Å²) in [6.07, 6.45) is 2.93. The third-order valence-corrected chi connectivity index (χ3v) is 5.24. The van der Waals surface area contributed by atoms with Gasteiger partial charge in [-0.1, -0.05) is 24.3 Å². The van der Waals surface area contributed by atoms with Gasteiger partial charge in [-0.15, -0.1) is 0 Å². The summed E-state index contributed by atoms with van der Waals surface area (Å²) >= 11 is 0. The molecule has 5 heteroatoms. The number of hydrogen-bond donors (Lipinski definition) is 1. The van der Waals surface area contributed by atoms with Gasteiger partial charge in [0.2, 0.25) is 0 Å². The molecule has 2 aromatic carbocycles. The molecule has 0 saturated heterocycles. The molecular formula is C23H22FN3O. The average molecular weight is 375 g/mol. The smallest absolute Gasteiger partial charge is 0.273 e. The first-order chi connectivity index (χ1) is 13.5. The Morgan fingerprint density at radius 3 is 2.61 bits per heavy atom. The minimum Gasteiger partial charge on any atom is -0.318 e. The van der Waals surface area contributed by atoms with Crippen molar-refractivity contribution in [2.24, 2.45) is 5.10 Å². The van der Waals surface area contributed by atoms with Crippen LogP contribution in [0.5, 0.6) is 0 Å². The summed E-state index contributed by atoms with van der Waals surface area (Å²) in [7, 11) is 0. The van der Waals surface area contributed by atoms with E-state index in [2.05, 4.69) is 22.7 Å². The van der Waals surface area contributed by atoms with E-state index in [1.165, 1.54) is 17.7 Å². The number of hydrazone groups is 1. The lowest BCUT2D eigenvalue weighted by Crippen LogP contribution is -2.22. The van der Waals surface area contributed by atoms with E-state index in [0.717, 1.165) is 47.6 Å². The molecule has 0 radical (unpaired) electrons. The molecule has 28 heavy (non-hydrogen) atoms. The highest BCUT2D eigenvalue weighted by Crippen LogP contribution is 2.23. The molecule has 1 amide bonds. The largest absolute Gasteiger partial charge is 0.318 e. The molecule has 3 aromatic rings. The maximum Gasteiger partial charge on any atom is 0.273 e. The summed E-state index contributed by atoms with van der Waals surface area (Å²) in [5.41, 5.74) is 9.13. The zero-order valence-corrected chi connectivity index (χ0v) is 16.0. The Bertz CT molecular complexity index is 1060. The third-order valence-electron chi connectivity index (χ3n) is 5.24. The van der Waals surface area contributed by atoms with Gasteiger partial charge < -0.3 is 4.57 Å². The standard InChI is InChI=1S/C23H22FN3O/c1-15-14-21(16(2)27(15)19-12-10-18(24)11-13-19)23(28)26-25-22-9-5-7-17-6-3-4-8-20(17)22/h3-4,6,8,10-14H,5,7,9H2,1-2H3,(H,26,28)/b25-22-. The lowest BCUT2D eigenvalue weighted by Gasteiger charge is -2.17. The van der Waals surface area contributed by atoms with E-state index >= 15 is 0 Å². The van der Waals surface area contributed by atoms with Gasteiger partial charge in [0.15, 0.2) is 0 Å². The van der Waals surface area contributed by atoms with Crippen molar-refractivity contribution in [1.29, 1.82) is 0 Å². The summed E-state index contributed by atoms with van der Waals surface area (Å²) in [4.78, 5) is 12.8. The molecule has 0 bridgehead atoms. The van der Waals surface area contributed by atoms with Gasteiger partial charge in [-0.25, -0.2) is 9.82 Å². The van der Waals surface area contributed by atoms with Crippen molar-refractivity contribution >= 4 is 11.6 Å². The first-order valence-electron chi connectivity index (χ1n) is 9.44. The number of benzene rings is 2. The van der Waals surface area contributed by atoms with Crippen molar-refractivity contribution in [2.75, 3.05) is 0 Å². The molecule has 1 aromatic heterocycles. The Balaban J connectivity index is 1.60. The third kappa shape index (κ3) is 3.36. The molecule has 1 aliphatic carbocycles. The van der Waals surface area contributed by atoms with Crippen LogP contribution >= 0.6 is 0 Å². The van der Waals surface area contributed by atoms with Crippen LogP contribution in [0.3, 0.4) is 0 Å². The van der Waals surface area contributed by atoms with E-state index < -0.39 is 0 Å². The molecule has 1 N–H and O–H groups in total. The zero-order chi connectivity index (χ0) is 19.7. The molecule has 1 aliphatic rings. The number of aryl methyl sites for hydroxylation is 2. The van der Waals surface area contributed by atoms with Crippen molar-refractivity contribution < 1.29 is 9.18 Å². The van der Waals surface area contributed by atoms with E-state index in [1.54, 1.807) is 12.1 Å². The number of halogens is 1. The molecule has 4 rings (SSSR count). The number of amides is 1. The molecule has 142 valence electrons. The quantitative estimate of drug-likeness (QED) is 0.663. The normalized spacial score (nSPS) is 14.8. The van der Waals surface area contributed by atoms with Crippen LogP contribution in [0.25, 0.3) is 5.69 Å². The first-order valence-corrected chi connectivity index (χ1v) is 9.44. The van der Waals surface area contributed by atoms with Crippen molar-refractivity contribution in [3.05, 3.63) is 88.5 Å². The fourth-order valence-electron chi connectivity index (χ4n) is 3.88. The second kappa shape index (κ2) is 7.43. The molecule has 0 aliphatic heterocycles. The summed E-state index contributed by atoms with van der Waals surface area (Å²) in [5, 5.41) is 4.42. The topological polar surface area (TPSA) is 46.4 Å². The van der Waals surface area contributed by atoms with E-state index in [-0.39, 0.29) is 11.7 Å². The van der Waals surface area contributed by atoms with Crippen molar-refractivity contribution in [2.45, 2.75) is 33.1 Å². The van der Waals surface area contributed by atoms with Crippen LogP contribution in [0.4, 0.5) is 4.39 Å². The number of aromatic nitrogens is 1. The van der Waals surface area contributed by atoms with Gasteiger partial charge in [0.25, 0.3) is 5.91 Å². The minimum absolute atomic E-state index is 0.239. The maximum absolute atomic E-state index is 13.2. The summed E-state index contributed by atoms with van der Waals surface area (Å²) in [6.45, 7) is 3.81. The molecule has 4 nitrogen and oxygen atoms in total. The van der Waals surface area contributed by atoms with Crippen LogP contribution in [0.1, 0.15) is 45.7 Å². The maximum atomic E-state index is 13.2. The fraction of sp³-hybridized carbons (Fsp3) is 0.217. The lowest BCUT2D eigenvalue weighted by molar-refractivity contribution is 0.0954. The second-order valence-corrected chi connectivity index (χ2v) is 7.11. The Morgan fingerprint density at radius 2 is 1.82 bits per heavy atom. The van der Waals surface area contributed by atoms with Crippen molar-refractivity contribution in [1.82, 2.24) is 9.99 Å². The van der Waals surface area contributed by atoms with Gasteiger partial charge >= 0.3 is 0 Å². The number of nitrogens with zero attached hydrogens (tertiary/aromatic N) is 2. The molecule has 0 atom stereocenters. The summed E-state index contributed by atoms with van der Waals surface area (Å²) in [5.74, 6) is -0.523. The molecule has 0 spiro atoms. The Hall–Kier alpha value is -3.21. The lowest BCUT2D eigenvalue weighted by atomic mass is 9.90. The van der Waals surface area contributed by atoms with Gasteiger partial charge in [-0.3, -0.25) is 4.79 Å². The van der Waals surface area contributed by atoms with E-state index in [1.807, 2.05) is 36.6 Å². The molecule has 1 heterocycles. The van der Waals surface area contributed by atoms with Crippen LogP contribution in [-0.4, -0.2) is 16.2 Å². The predicted octanol–water partition coefficient (Wildman–Crippen LogP) is 4.70. The number of rotatable bonds is 3. The number of nitrogens with one attached hydrogen (secondary N) is 1. The highest BCUT2D eigenvalue weighted by Gasteiger charge is 2.18. The summed E-state index contributed by atoms with van der Waals surface area (Å²) in [6, 6.07) is 16.3. The number of carbonyl (C=O) groups excluding carboxylic acids is 1. The SMILES string of the molecule is Cc1cc(C(=O)N/N=C2/CCCc3ccccc32)c(C)n1-c1ccc(F)cc1. The van der Waals surface area contributed by atoms with Crippen molar-refractivity contribution in [3.63, 3.8) is 0 Å². The van der Waals surface area contributed by atoms with E-state index in [9.17, 15) is 9.18 Å². The predicted molar refractivity (Wildman–Crippen MR) is 109 cm³/mol.